The molecule has 0 spiro atoms. The molecule has 0 amide bonds. The Hall–Kier alpha value is -4.17. The lowest BCUT2D eigenvalue weighted by molar-refractivity contribution is -0.141. The van der Waals surface area contributed by atoms with Gasteiger partial charge in [-0.3, -0.25) is 4.79 Å². The van der Waals surface area contributed by atoms with E-state index < -0.39 is 17.9 Å². The summed E-state index contributed by atoms with van der Waals surface area (Å²) in [5, 5.41) is 10.7. The maximum absolute atomic E-state index is 13.5. The fourth-order valence-electron chi connectivity index (χ4n) is 4.00. The van der Waals surface area contributed by atoms with Gasteiger partial charge in [-0.2, -0.15) is 0 Å². The second-order valence-corrected chi connectivity index (χ2v) is 9.01. The van der Waals surface area contributed by atoms with Crippen LogP contribution in [0.2, 0.25) is 0 Å². The molecule has 0 radical (unpaired) electrons. The van der Waals surface area contributed by atoms with Gasteiger partial charge in [-0.1, -0.05) is 37.3 Å². The number of hydrogen-bond acceptors (Lipinski definition) is 6. The first-order chi connectivity index (χ1) is 17.8. The first-order valence-corrected chi connectivity index (χ1v) is 12.1. The number of carbonyl (C=O) groups excluding carboxylic acids is 1. The predicted molar refractivity (Wildman–Crippen MR) is 138 cm³/mol. The van der Waals surface area contributed by atoms with Gasteiger partial charge < -0.3 is 9.94 Å². The minimum Gasteiger partial charge on any atom is -0.481 e. The van der Waals surface area contributed by atoms with E-state index in [1.54, 1.807) is 44.3 Å². The number of carboxylic acids is 1. The van der Waals surface area contributed by atoms with Crippen molar-refractivity contribution in [3.05, 3.63) is 95.4 Å². The first-order valence-electron chi connectivity index (χ1n) is 12.1. The van der Waals surface area contributed by atoms with Crippen LogP contribution in [0.15, 0.2) is 72.8 Å². The van der Waals surface area contributed by atoms with Gasteiger partial charge in [0.25, 0.3) is 0 Å². The van der Waals surface area contributed by atoms with Crippen LogP contribution in [-0.2, 0) is 22.6 Å². The van der Waals surface area contributed by atoms with E-state index in [-0.39, 0.29) is 5.82 Å². The van der Waals surface area contributed by atoms with Crippen molar-refractivity contribution in [3.63, 3.8) is 0 Å². The number of aryl methyl sites for hydroxylation is 1. The molecule has 0 saturated carbocycles. The molecule has 1 heterocycles. The van der Waals surface area contributed by atoms with Crippen molar-refractivity contribution in [2.24, 2.45) is 5.92 Å². The quantitative estimate of drug-likeness (QED) is 0.279. The number of benzene rings is 3. The number of carbonyl (C=O) groups is 2. The SMILES string of the molecule is CC(CCCc1nc2cc(C(=O)ON(C)Cc3ccccc3)ccc2nc1-c1ccc(F)cc1)C(=O)O. The van der Waals surface area contributed by atoms with E-state index in [0.717, 1.165) is 5.56 Å². The molecule has 4 aromatic rings. The van der Waals surface area contributed by atoms with Crippen LogP contribution >= 0.6 is 0 Å². The van der Waals surface area contributed by atoms with Gasteiger partial charge in [-0.05, 0) is 67.3 Å². The van der Waals surface area contributed by atoms with Crippen molar-refractivity contribution in [1.82, 2.24) is 15.0 Å². The Kier molecular flexibility index (Phi) is 8.20. The molecule has 8 heteroatoms. The molecule has 0 aliphatic rings. The fourth-order valence-corrected chi connectivity index (χ4v) is 4.00. The number of aromatic nitrogens is 2. The van der Waals surface area contributed by atoms with Gasteiger partial charge in [0, 0.05) is 12.6 Å². The normalized spacial score (nSPS) is 12.0. The van der Waals surface area contributed by atoms with E-state index in [0.29, 0.717) is 59.4 Å². The van der Waals surface area contributed by atoms with E-state index in [2.05, 4.69) is 0 Å². The van der Waals surface area contributed by atoms with Crippen LogP contribution in [0.3, 0.4) is 0 Å². The Labute approximate surface area is 214 Å². The lowest BCUT2D eigenvalue weighted by Gasteiger charge is -2.16. The highest BCUT2D eigenvalue weighted by Crippen LogP contribution is 2.26. The zero-order valence-corrected chi connectivity index (χ0v) is 20.7. The molecule has 4 rings (SSSR count). The zero-order valence-electron chi connectivity index (χ0n) is 20.7. The van der Waals surface area contributed by atoms with Crippen LogP contribution in [0.25, 0.3) is 22.3 Å². The monoisotopic (exact) mass is 501 g/mol. The van der Waals surface area contributed by atoms with E-state index in [1.807, 2.05) is 30.3 Å². The van der Waals surface area contributed by atoms with Crippen LogP contribution in [0.4, 0.5) is 4.39 Å². The summed E-state index contributed by atoms with van der Waals surface area (Å²) < 4.78 is 13.5. The molecule has 0 saturated heterocycles. The third-order valence-corrected chi connectivity index (χ3v) is 6.05. The molecule has 1 unspecified atom stereocenters. The van der Waals surface area contributed by atoms with Crippen LogP contribution in [0.1, 0.15) is 41.4 Å². The Bertz CT molecular complexity index is 1390. The standard InChI is InChI=1S/C29H28FN3O4/c1-19(28(34)35)7-6-10-25-27(21-11-14-23(30)15-12-21)32-24-16-13-22(17-26(24)31-25)29(36)37-33(2)18-20-8-4-3-5-9-20/h3-5,8-9,11-17,19H,6-7,10,18H2,1-2H3,(H,34,35). The molecule has 0 aliphatic carbocycles. The van der Waals surface area contributed by atoms with Gasteiger partial charge >= 0.3 is 11.9 Å². The molecule has 0 bridgehead atoms. The third kappa shape index (κ3) is 6.74. The highest BCUT2D eigenvalue weighted by Gasteiger charge is 2.17. The number of hydroxylamine groups is 2. The second-order valence-electron chi connectivity index (χ2n) is 9.01. The van der Waals surface area contributed by atoms with Gasteiger partial charge in [0.1, 0.15) is 5.82 Å². The number of carboxylic acid groups (broad SMARTS) is 1. The Balaban J connectivity index is 1.59. The molecule has 7 nitrogen and oxygen atoms in total. The minimum absolute atomic E-state index is 0.335. The number of halogens is 1. The molecule has 1 N–H and O–H groups in total. The summed E-state index contributed by atoms with van der Waals surface area (Å²) >= 11 is 0. The lowest BCUT2D eigenvalue weighted by atomic mass is 10.0. The average Bonchev–Trinajstić information content (AvgIpc) is 2.88. The van der Waals surface area contributed by atoms with E-state index >= 15 is 0 Å². The highest BCUT2D eigenvalue weighted by atomic mass is 19.1. The lowest BCUT2D eigenvalue weighted by Crippen LogP contribution is -2.22. The first kappa shape index (κ1) is 25.9. The summed E-state index contributed by atoms with van der Waals surface area (Å²) in [6.45, 7) is 2.11. The van der Waals surface area contributed by atoms with Crippen molar-refractivity contribution in [3.8, 4) is 11.3 Å². The van der Waals surface area contributed by atoms with Gasteiger partial charge in [0.2, 0.25) is 0 Å². The smallest absolute Gasteiger partial charge is 0.357 e. The van der Waals surface area contributed by atoms with Gasteiger partial charge in [0.15, 0.2) is 0 Å². The second kappa shape index (κ2) is 11.7. The van der Waals surface area contributed by atoms with Crippen LogP contribution in [0.5, 0.6) is 0 Å². The summed E-state index contributed by atoms with van der Waals surface area (Å²) in [5.41, 5.74) is 4.42. The van der Waals surface area contributed by atoms with Gasteiger partial charge in [-0.25, -0.2) is 19.2 Å². The van der Waals surface area contributed by atoms with Crippen molar-refractivity contribution in [2.75, 3.05) is 7.05 Å². The van der Waals surface area contributed by atoms with Gasteiger partial charge in [-0.15, -0.1) is 5.06 Å². The predicted octanol–water partition coefficient (Wildman–Crippen LogP) is 5.68. The fraction of sp³-hybridized carbons (Fsp3) is 0.241. The molecular weight excluding hydrogens is 473 g/mol. The van der Waals surface area contributed by atoms with Crippen LogP contribution in [-0.4, -0.2) is 39.1 Å². The van der Waals surface area contributed by atoms with Crippen molar-refractivity contribution >= 4 is 23.0 Å². The van der Waals surface area contributed by atoms with Gasteiger partial charge in [0.05, 0.1) is 40.4 Å². The number of fused-ring (bicyclic) bond motifs is 1. The Morgan fingerprint density at radius 1 is 1.00 bits per heavy atom. The number of hydrogen-bond donors (Lipinski definition) is 1. The Morgan fingerprint density at radius 3 is 2.43 bits per heavy atom. The van der Waals surface area contributed by atoms with E-state index in [9.17, 15) is 19.1 Å². The topological polar surface area (TPSA) is 92.6 Å². The van der Waals surface area contributed by atoms with Crippen molar-refractivity contribution in [2.45, 2.75) is 32.7 Å². The van der Waals surface area contributed by atoms with Crippen molar-refractivity contribution < 1.29 is 23.9 Å². The van der Waals surface area contributed by atoms with Crippen LogP contribution < -0.4 is 0 Å². The highest BCUT2D eigenvalue weighted by molar-refractivity contribution is 5.93. The summed E-state index contributed by atoms with van der Waals surface area (Å²) in [5.74, 6) is -2.18. The third-order valence-electron chi connectivity index (χ3n) is 6.05. The molecule has 3 aromatic carbocycles. The molecule has 1 aromatic heterocycles. The maximum atomic E-state index is 13.5. The average molecular weight is 502 g/mol. The molecule has 0 fully saturated rings. The summed E-state index contributed by atoms with van der Waals surface area (Å²) in [4.78, 5) is 39.0. The Morgan fingerprint density at radius 2 is 1.73 bits per heavy atom. The summed E-state index contributed by atoms with van der Waals surface area (Å²) in [7, 11) is 1.69. The molecule has 1 atom stereocenters. The number of nitrogens with zero attached hydrogens (tertiary/aromatic N) is 3. The van der Waals surface area contributed by atoms with E-state index in [4.69, 9.17) is 14.8 Å². The molecular formula is C29H28FN3O4. The minimum atomic E-state index is -0.844. The molecule has 0 aliphatic heterocycles. The van der Waals surface area contributed by atoms with E-state index in [1.165, 1.54) is 17.2 Å². The summed E-state index contributed by atoms with van der Waals surface area (Å²) in [6.07, 6.45) is 1.56. The summed E-state index contributed by atoms with van der Waals surface area (Å²) in [6, 6.07) is 20.7. The largest absolute Gasteiger partial charge is 0.481 e. The van der Waals surface area contributed by atoms with Crippen molar-refractivity contribution in [1.29, 1.82) is 0 Å². The molecule has 37 heavy (non-hydrogen) atoms. The number of rotatable bonds is 10. The zero-order chi connectivity index (χ0) is 26.4. The molecule has 190 valence electrons. The number of aliphatic carboxylic acids is 1. The maximum Gasteiger partial charge on any atom is 0.357 e. The van der Waals surface area contributed by atoms with Crippen LogP contribution in [0, 0.1) is 11.7 Å².